The van der Waals surface area contributed by atoms with E-state index in [0.29, 0.717) is 0 Å². The lowest BCUT2D eigenvalue weighted by atomic mass is 10.2. The van der Waals surface area contributed by atoms with E-state index in [2.05, 4.69) is 4.98 Å². The van der Waals surface area contributed by atoms with Crippen LogP contribution in [0.4, 0.5) is 0 Å². The van der Waals surface area contributed by atoms with Gasteiger partial charge in [0.1, 0.15) is 4.88 Å². The van der Waals surface area contributed by atoms with Crippen LogP contribution in [-0.4, -0.2) is 28.9 Å². The Labute approximate surface area is 75.0 Å². The Morgan fingerprint density at radius 3 is 2.83 bits per heavy atom. The number of hydrogen-bond acceptors (Lipinski definition) is 3. The van der Waals surface area contributed by atoms with Crippen LogP contribution in [0, 0.1) is 6.92 Å². The third kappa shape index (κ3) is 1.12. The highest BCUT2D eigenvalue weighted by Gasteiger charge is 2.23. The predicted molar refractivity (Wildman–Crippen MR) is 47.4 cm³/mol. The van der Waals surface area contributed by atoms with Crippen molar-refractivity contribution in [3.05, 3.63) is 16.1 Å². The van der Waals surface area contributed by atoms with Gasteiger partial charge >= 0.3 is 0 Å². The van der Waals surface area contributed by atoms with Crippen molar-refractivity contribution < 1.29 is 4.79 Å². The van der Waals surface area contributed by atoms with Gasteiger partial charge in [0, 0.05) is 13.1 Å². The molecule has 0 aliphatic carbocycles. The number of carbonyl (C=O) groups excluding carboxylic acids is 1. The van der Waals surface area contributed by atoms with Crippen molar-refractivity contribution in [1.82, 2.24) is 9.88 Å². The lowest BCUT2D eigenvalue weighted by molar-refractivity contribution is 0.0656. The summed E-state index contributed by atoms with van der Waals surface area (Å²) in [5, 5.41) is 0. The summed E-state index contributed by atoms with van der Waals surface area (Å²) >= 11 is 1.43. The van der Waals surface area contributed by atoms with E-state index >= 15 is 0 Å². The van der Waals surface area contributed by atoms with Crippen LogP contribution >= 0.6 is 11.3 Å². The first-order valence-corrected chi connectivity index (χ1v) is 4.86. The van der Waals surface area contributed by atoms with Gasteiger partial charge in [-0.05, 0) is 13.3 Å². The Morgan fingerprint density at radius 1 is 1.67 bits per heavy atom. The number of amides is 1. The van der Waals surface area contributed by atoms with Crippen LogP contribution < -0.4 is 0 Å². The molecule has 0 bridgehead atoms. The number of thiazole rings is 1. The zero-order valence-corrected chi connectivity index (χ0v) is 7.73. The molecule has 1 aromatic heterocycles. The molecule has 2 rings (SSSR count). The largest absolute Gasteiger partial charge is 0.338 e. The van der Waals surface area contributed by atoms with Crippen molar-refractivity contribution in [3.8, 4) is 0 Å². The first-order chi connectivity index (χ1) is 5.79. The lowest BCUT2D eigenvalue weighted by Crippen LogP contribution is -2.41. The van der Waals surface area contributed by atoms with Gasteiger partial charge in [0.05, 0.1) is 11.2 Å². The van der Waals surface area contributed by atoms with Gasteiger partial charge in [-0.15, -0.1) is 11.3 Å². The zero-order chi connectivity index (χ0) is 8.55. The van der Waals surface area contributed by atoms with Crippen molar-refractivity contribution >= 4 is 17.2 Å². The summed E-state index contributed by atoms with van der Waals surface area (Å²) in [5.74, 6) is 0.154. The van der Waals surface area contributed by atoms with E-state index < -0.39 is 0 Å². The maximum absolute atomic E-state index is 11.6. The van der Waals surface area contributed by atoms with Gasteiger partial charge in [-0.3, -0.25) is 4.79 Å². The summed E-state index contributed by atoms with van der Waals surface area (Å²) in [7, 11) is 0. The number of aromatic nitrogens is 1. The van der Waals surface area contributed by atoms with Crippen LogP contribution in [0.1, 0.15) is 21.8 Å². The molecule has 64 valence electrons. The van der Waals surface area contributed by atoms with Crippen LogP contribution in [-0.2, 0) is 0 Å². The fourth-order valence-electron chi connectivity index (χ4n) is 1.17. The van der Waals surface area contributed by atoms with E-state index in [-0.39, 0.29) is 5.91 Å². The molecule has 0 radical (unpaired) electrons. The highest BCUT2D eigenvalue weighted by Crippen LogP contribution is 2.18. The van der Waals surface area contributed by atoms with Gasteiger partial charge in [-0.25, -0.2) is 4.98 Å². The molecule has 1 aliphatic rings. The summed E-state index contributed by atoms with van der Waals surface area (Å²) in [6.07, 6.45) is 1.14. The Balaban J connectivity index is 2.19. The number of carbonyl (C=O) groups is 1. The standard InChI is InChI=1S/C8H10N2OS/c1-6-7(12-5-9-6)8(11)10-3-2-4-10/h5H,2-4H2,1H3. The summed E-state index contributed by atoms with van der Waals surface area (Å²) < 4.78 is 0. The van der Waals surface area contributed by atoms with E-state index in [4.69, 9.17) is 0 Å². The zero-order valence-electron chi connectivity index (χ0n) is 6.91. The van der Waals surface area contributed by atoms with E-state index in [0.717, 1.165) is 30.1 Å². The molecule has 1 fully saturated rings. The molecule has 2 heterocycles. The average molecular weight is 182 g/mol. The van der Waals surface area contributed by atoms with Gasteiger partial charge in [0.25, 0.3) is 5.91 Å². The van der Waals surface area contributed by atoms with Gasteiger partial charge in [-0.2, -0.15) is 0 Å². The topological polar surface area (TPSA) is 33.2 Å². The van der Waals surface area contributed by atoms with Crippen LogP contribution in [0.2, 0.25) is 0 Å². The quantitative estimate of drug-likeness (QED) is 0.656. The van der Waals surface area contributed by atoms with E-state index in [1.165, 1.54) is 11.3 Å². The maximum Gasteiger partial charge on any atom is 0.265 e. The Hall–Kier alpha value is -0.900. The molecule has 1 saturated heterocycles. The molecule has 0 spiro atoms. The Morgan fingerprint density at radius 2 is 2.42 bits per heavy atom. The molecular weight excluding hydrogens is 172 g/mol. The molecule has 0 atom stereocenters. The van der Waals surface area contributed by atoms with E-state index in [9.17, 15) is 4.79 Å². The fraction of sp³-hybridized carbons (Fsp3) is 0.500. The van der Waals surface area contributed by atoms with Gasteiger partial charge in [-0.1, -0.05) is 0 Å². The fourth-order valence-corrected chi connectivity index (χ4v) is 1.94. The smallest absolute Gasteiger partial charge is 0.265 e. The summed E-state index contributed by atoms with van der Waals surface area (Å²) in [4.78, 5) is 18.3. The van der Waals surface area contributed by atoms with Crippen molar-refractivity contribution in [2.75, 3.05) is 13.1 Å². The maximum atomic E-state index is 11.6. The van der Waals surface area contributed by atoms with Crippen molar-refractivity contribution in [1.29, 1.82) is 0 Å². The second-order valence-corrected chi connectivity index (χ2v) is 3.77. The molecule has 1 amide bonds. The predicted octanol–water partition coefficient (Wildman–Crippen LogP) is 1.30. The van der Waals surface area contributed by atoms with Crippen LogP contribution in [0.25, 0.3) is 0 Å². The highest BCUT2D eigenvalue weighted by molar-refractivity contribution is 7.11. The lowest BCUT2D eigenvalue weighted by Gasteiger charge is -2.30. The summed E-state index contributed by atoms with van der Waals surface area (Å²) in [6.45, 7) is 3.70. The highest BCUT2D eigenvalue weighted by atomic mass is 32.1. The minimum Gasteiger partial charge on any atom is -0.338 e. The van der Waals surface area contributed by atoms with E-state index in [1.54, 1.807) is 5.51 Å². The molecule has 1 aromatic rings. The SMILES string of the molecule is Cc1ncsc1C(=O)N1CCC1. The average Bonchev–Trinajstić information content (AvgIpc) is 2.31. The minimum absolute atomic E-state index is 0.154. The van der Waals surface area contributed by atoms with Crippen LogP contribution in [0.15, 0.2) is 5.51 Å². The molecule has 3 nitrogen and oxygen atoms in total. The second-order valence-electron chi connectivity index (χ2n) is 2.91. The molecule has 12 heavy (non-hydrogen) atoms. The number of rotatable bonds is 1. The number of aryl methyl sites for hydroxylation is 1. The summed E-state index contributed by atoms with van der Waals surface area (Å²) in [6, 6.07) is 0. The molecule has 0 unspecified atom stereocenters. The van der Waals surface area contributed by atoms with Gasteiger partial charge in [0.15, 0.2) is 0 Å². The molecule has 0 aromatic carbocycles. The number of nitrogens with zero attached hydrogens (tertiary/aromatic N) is 2. The molecular formula is C8H10N2OS. The van der Waals surface area contributed by atoms with Gasteiger partial charge < -0.3 is 4.90 Å². The molecule has 1 aliphatic heterocycles. The van der Waals surface area contributed by atoms with Crippen LogP contribution in [0.5, 0.6) is 0 Å². The molecule has 4 heteroatoms. The van der Waals surface area contributed by atoms with E-state index in [1.807, 2.05) is 11.8 Å². The first-order valence-electron chi connectivity index (χ1n) is 3.98. The van der Waals surface area contributed by atoms with Gasteiger partial charge in [0.2, 0.25) is 0 Å². The monoisotopic (exact) mass is 182 g/mol. The second kappa shape index (κ2) is 2.86. The minimum atomic E-state index is 0.154. The number of likely N-dealkylation sites (tertiary alicyclic amines) is 1. The van der Waals surface area contributed by atoms with Crippen molar-refractivity contribution in [2.24, 2.45) is 0 Å². The Kier molecular flexibility index (Phi) is 1.84. The normalized spacial score (nSPS) is 15.9. The van der Waals surface area contributed by atoms with Crippen molar-refractivity contribution in [2.45, 2.75) is 13.3 Å². The number of hydrogen-bond donors (Lipinski definition) is 0. The van der Waals surface area contributed by atoms with Crippen LogP contribution in [0.3, 0.4) is 0 Å². The summed E-state index contributed by atoms with van der Waals surface area (Å²) in [5.41, 5.74) is 2.58. The molecule has 0 saturated carbocycles. The third-order valence-corrected chi connectivity index (χ3v) is 3.00. The Bertz CT molecular complexity index is 304. The third-order valence-electron chi connectivity index (χ3n) is 2.08. The molecule has 0 N–H and O–H groups in total. The van der Waals surface area contributed by atoms with Crippen molar-refractivity contribution in [3.63, 3.8) is 0 Å². The first kappa shape index (κ1) is 7.73.